The normalized spacial score (nSPS) is 11.0. The number of aromatic nitrogens is 1. The van der Waals surface area contributed by atoms with Crippen molar-refractivity contribution in [2.45, 2.75) is 4.90 Å². The first-order chi connectivity index (χ1) is 12.9. The molecule has 0 saturated carbocycles. The highest BCUT2D eigenvalue weighted by Crippen LogP contribution is 2.31. The molecule has 9 heteroatoms. The molecule has 0 fully saturated rings. The maximum absolute atomic E-state index is 12.9. The lowest BCUT2D eigenvalue weighted by Gasteiger charge is -2.16. The van der Waals surface area contributed by atoms with Crippen LogP contribution in [-0.4, -0.2) is 27.6 Å². The molecule has 3 rings (SSSR count). The molecule has 0 aliphatic heterocycles. The SMILES string of the molecule is COc1ccc(S(=O)(=O)N(C)c2oc(-c3ccc(Cl)cc3)nc2C#N)cc1. The Hall–Kier alpha value is -3.02. The maximum Gasteiger partial charge on any atom is 0.266 e. The summed E-state index contributed by atoms with van der Waals surface area (Å²) in [5, 5.41) is 9.88. The molecule has 0 unspecified atom stereocenters. The van der Waals surface area contributed by atoms with Gasteiger partial charge in [-0.25, -0.2) is 12.7 Å². The van der Waals surface area contributed by atoms with Gasteiger partial charge >= 0.3 is 0 Å². The molecular formula is C18H14ClN3O4S. The van der Waals surface area contributed by atoms with Gasteiger partial charge in [0.2, 0.25) is 17.5 Å². The van der Waals surface area contributed by atoms with E-state index < -0.39 is 10.0 Å². The Labute approximate surface area is 161 Å². The van der Waals surface area contributed by atoms with Gasteiger partial charge in [-0.15, -0.1) is 0 Å². The van der Waals surface area contributed by atoms with Crippen molar-refractivity contribution in [2.75, 3.05) is 18.5 Å². The molecule has 0 aliphatic carbocycles. The topological polar surface area (TPSA) is 96.4 Å². The van der Waals surface area contributed by atoms with Crippen molar-refractivity contribution in [1.29, 1.82) is 5.26 Å². The van der Waals surface area contributed by atoms with E-state index in [1.54, 1.807) is 24.3 Å². The highest BCUT2D eigenvalue weighted by atomic mass is 35.5. The number of methoxy groups -OCH3 is 1. The van der Waals surface area contributed by atoms with Crippen molar-refractivity contribution in [3.63, 3.8) is 0 Å². The number of sulfonamides is 1. The number of halogens is 1. The number of benzene rings is 2. The molecule has 3 aromatic rings. The number of hydrogen-bond donors (Lipinski definition) is 0. The van der Waals surface area contributed by atoms with Gasteiger partial charge in [-0.05, 0) is 48.5 Å². The zero-order chi connectivity index (χ0) is 19.6. The van der Waals surface area contributed by atoms with Gasteiger partial charge in [0, 0.05) is 17.6 Å². The van der Waals surface area contributed by atoms with Gasteiger partial charge in [0.05, 0.1) is 12.0 Å². The molecule has 0 atom stereocenters. The Balaban J connectivity index is 2.01. The molecule has 0 amide bonds. The van der Waals surface area contributed by atoms with Crippen LogP contribution in [0.4, 0.5) is 5.88 Å². The van der Waals surface area contributed by atoms with E-state index in [9.17, 15) is 13.7 Å². The first-order valence-electron chi connectivity index (χ1n) is 7.66. The number of rotatable bonds is 5. The Morgan fingerprint density at radius 1 is 1.15 bits per heavy atom. The van der Waals surface area contributed by atoms with Crippen molar-refractivity contribution >= 4 is 27.5 Å². The summed E-state index contributed by atoms with van der Waals surface area (Å²) in [4.78, 5) is 4.11. The molecule has 1 heterocycles. The van der Waals surface area contributed by atoms with Crippen LogP contribution >= 0.6 is 11.6 Å². The second-order valence-electron chi connectivity index (χ2n) is 5.44. The average Bonchev–Trinajstić information content (AvgIpc) is 3.12. The van der Waals surface area contributed by atoms with Gasteiger partial charge < -0.3 is 9.15 Å². The van der Waals surface area contributed by atoms with Crippen LogP contribution in [0.1, 0.15) is 5.69 Å². The second-order valence-corrected chi connectivity index (χ2v) is 7.85. The van der Waals surface area contributed by atoms with Crippen LogP contribution in [0.15, 0.2) is 57.8 Å². The van der Waals surface area contributed by atoms with Gasteiger partial charge in [-0.3, -0.25) is 0 Å². The van der Waals surface area contributed by atoms with E-state index in [0.717, 1.165) is 4.31 Å². The molecule has 0 radical (unpaired) electrons. The lowest BCUT2D eigenvalue weighted by atomic mass is 10.2. The van der Waals surface area contributed by atoms with E-state index in [-0.39, 0.29) is 22.4 Å². The second kappa shape index (κ2) is 7.31. The van der Waals surface area contributed by atoms with Crippen LogP contribution in [0.3, 0.4) is 0 Å². The van der Waals surface area contributed by atoms with Crippen LogP contribution in [0.2, 0.25) is 5.02 Å². The summed E-state index contributed by atoms with van der Waals surface area (Å²) in [5.41, 5.74) is 0.428. The summed E-state index contributed by atoms with van der Waals surface area (Å²) in [5.74, 6) is 0.479. The van der Waals surface area contributed by atoms with Gasteiger partial charge in [-0.2, -0.15) is 10.2 Å². The predicted molar refractivity (Wildman–Crippen MR) is 100 cm³/mol. The van der Waals surface area contributed by atoms with E-state index in [1.807, 2.05) is 6.07 Å². The molecule has 138 valence electrons. The Kier molecular flexibility index (Phi) is 5.08. The summed E-state index contributed by atoms with van der Waals surface area (Å²) in [6.45, 7) is 0. The fraction of sp³-hybridized carbons (Fsp3) is 0.111. The highest BCUT2D eigenvalue weighted by molar-refractivity contribution is 7.92. The predicted octanol–water partition coefficient (Wildman–Crippen LogP) is 3.70. The third-order valence-corrected chi connectivity index (χ3v) is 5.82. The average molecular weight is 404 g/mol. The number of ether oxygens (including phenoxy) is 1. The molecule has 0 spiro atoms. The number of nitriles is 1. The van der Waals surface area contributed by atoms with Gasteiger partial charge in [0.25, 0.3) is 10.0 Å². The summed E-state index contributed by atoms with van der Waals surface area (Å²) < 4.78 is 37.2. The number of anilines is 1. The van der Waals surface area contributed by atoms with E-state index in [1.165, 1.54) is 38.4 Å². The molecule has 7 nitrogen and oxygen atoms in total. The van der Waals surface area contributed by atoms with E-state index >= 15 is 0 Å². The lowest BCUT2D eigenvalue weighted by molar-refractivity contribution is 0.414. The molecule has 1 aromatic heterocycles. The van der Waals surface area contributed by atoms with Crippen molar-refractivity contribution in [1.82, 2.24) is 4.98 Å². The van der Waals surface area contributed by atoms with Gasteiger partial charge in [-0.1, -0.05) is 11.6 Å². The van der Waals surface area contributed by atoms with Crippen molar-refractivity contribution < 1.29 is 17.6 Å². The molecule has 27 heavy (non-hydrogen) atoms. The summed E-state index contributed by atoms with van der Waals surface area (Å²) in [6.07, 6.45) is 0. The summed E-state index contributed by atoms with van der Waals surface area (Å²) in [7, 11) is -1.17. The molecule has 0 saturated heterocycles. The van der Waals surface area contributed by atoms with Crippen LogP contribution in [0.5, 0.6) is 5.75 Å². The number of nitrogens with zero attached hydrogens (tertiary/aromatic N) is 3. The fourth-order valence-electron chi connectivity index (χ4n) is 2.33. The monoisotopic (exact) mass is 403 g/mol. The molecule has 0 aliphatic rings. The van der Waals surface area contributed by atoms with Gasteiger partial charge in [0.1, 0.15) is 11.8 Å². The highest BCUT2D eigenvalue weighted by Gasteiger charge is 2.28. The fourth-order valence-corrected chi connectivity index (χ4v) is 3.59. The third-order valence-electron chi connectivity index (χ3n) is 3.81. The first-order valence-corrected chi connectivity index (χ1v) is 9.48. The molecule has 2 aromatic carbocycles. The summed E-state index contributed by atoms with van der Waals surface area (Å²) in [6, 6.07) is 14.4. The Bertz CT molecular complexity index is 1100. The largest absolute Gasteiger partial charge is 0.497 e. The summed E-state index contributed by atoms with van der Waals surface area (Å²) >= 11 is 5.86. The Morgan fingerprint density at radius 3 is 2.33 bits per heavy atom. The van der Waals surface area contributed by atoms with Crippen LogP contribution < -0.4 is 9.04 Å². The van der Waals surface area contributed by atoms with E-state index in [0.29, 0.717) is 16.3 Å². The van der Waals surface area contributed by atoms with Crippen molar-refractivity contribution in [3.8, 4) is 23.3 Å². The van der Waals surface area contributed by atoms with Crippen LogP contribution in [0, 0.1) is 11.3 Å². The van der Waals surface area contributed by atoms with Gasteiger partial charge in [0.15, 0.2) is 0 Å². The minimum atomic E-state index is -3.95. The Morgan fingerprint density at radius 2 is 1.78 bits per heavy atom. The van der Waals surface area contributed by atoms with Crippen LogP contribution in [-0.2, 0) is 10.0 Å². The maximum atomic E-state index is 12.9. The third kappa shape index (κ3) is 3.60. The zero-order valence-corrected chi connectivity index (χ0v) is 16.0. The zero-order valence-electron chi connectivity index (χ0n) is 14.4. The first kappa shape index (κ1) is 18.8. The number of hydrogen-bond acceptors (Lipinski definition) is 6. The molecule has 0 bridgehead atoms. The minimum absolute atomic E-state index is 0.0270. The standard InChI is InChI=1S/C18H14ClN3O4S/c1-22(27(23,24)15-9-7-14(25-2)8-10-15)18-16(11-20)21-17(26-18)12-3-5-13(19)6-4-12/h3-10H,1-2H3. The quantitative estimate of drug-likeness (QED) is 0.644. The lowest BCUT2D eigenvalue weighted by Crippen LogP contribution is -2.26. The number of oxazole rings is 1. The van der Waals surface area contributed by atoms with Crippen molar-refractivity contribution in [3.05, 3.63) is 59.2 Å². The van der Waals surface area contributed by atoms with E-state index in [4.69, 9.17) is 20.8 Å². The minimum Gasteiger partial charge on any atom is -0.497 e. The smallest absolute Gasteiger partial charge is 0.266 e. The van der Waals surface area contributed by atoms with Crippen LogP contribution in [0.25, 0.3) is 11.5 Å². The van der Waals surface area contributed by atoms with E-state index in [2.05, 4.69) is 4.98 Å². The van der Waals surface area contributed by atoms with Crippen molar-refractivity contribution in [2.24, 2.45) is 0 Å². The molecular weight excluding hydrogens is 390 g/mol. The molecule has 0 N–H and O–H groups in total.